The molecule has 1 aromatic carbocycles. The second-order valence-electron chi connectivity index (χ2n) is 4.44. The van der Waals surface area contributed by atoms with Crippen LogP contribution in [0.3, 0.4) is 0 Å². The summed E-state index contributed by atoms with van der Waals surface area (Å²) in [6, 6.07) is 12.1. The van der Waals surface area contributed by atoms with E-state index in [0.717, 1.165) is 5.65 Å². The number of fused-ring (bicyclic) bond motifs is 1. The minimum atomic E-state index is -0.809. The van der Waals surface area contributed by atoms with Gasteiger partial charge in [-0.15, -0.1) is 0 Å². The molecule has 0 fully saturated rings. The zero-order valence-corrected chi connectivity index (χ0v) is 10.2. The van der Waals surface area contributed by atoms with E-state index in [1.807, 2.05) is 28.8 Å². The third-order valence-corrected chi connectivity index (χ3v) is 3.10. The van der Waals surface area contributed by atoms with Crippen LogP contribution in [-0.4, -0.2) is 14.5 Å². The van der Waals surface area contributed by atoms with Crippen molar-refractivity contribution < 1.29 is 9.50 Å². The Bertz CT molecular complexity index is 675. The van der Waals surface area contributed by atoms with Crippen LogP contribution in [0.25, 0.3) is 5.65 Å². The molecule has 0 aliphatic heterocycles. The fraction of sp³-hybridized carbons (Fsp3) is 0.133. The van der Waals surface area contributed by atoms with Crippen LogP contribution in [-0.2, 0) is 6.42 Å². The van der Waals surface area contributed by atoms with Crippen molar-refractivity contribution in [2.24, 2.45) is 0 Å². The summed E-state index contributed by atoms with van der Waals surface area (Å²) in [5.41, 5.74) is 1.81. The summed E-state index contributed by atoms with van der Waals surface area (Å²) in [5, 5.41) is 10.2. The van der Waals surface area contributed by atoms with Gasteiger partial charge in [-0.1, -0.05) is 24.3 Å². The van der Waals surface area contributed by atoms with E-state index in [1.165, 1.54) is 6.07 Å². The summed E-state index contributed by atoms with van der Waals surface area (Å²) < 4.78 is 15.4. The molecule has 3 aromatic rings. The molecular weight excluding hydrogens is 243 g/mol. The number of pyridine rings is 1. The van der Waals surface area contributed by atoms with Crippen molar-refractivity contribution in [2.75, 3.05) is 0 Å². The molecular formula is C15H13FN2O. The molecule has 4 heteroatoms. The van der Waals surface area contributed by atoms with Crippen molar-refractivity contribution in [1.29, 1.82) is 0 Å². The third-order valence-electron chi connectivity index (χ3n) is 3.10. The fourth-order valence-electron chi connectivity index (χ4n) is 2.09. The lowest BCUT2D eigenvalue weighted by Crippen LogP contribution is -2.03. The van der Waals surface area contributed by atoms with Crippen molar-refractivity contribution in [3.63, 3.8) is 0 Å². The molecule has 2 heterocycles. The molecule has 0 saturated carbocycles. The van der Waals surface area contributed by atoms with Crippen LogP contribution in [0.15, 0.2) is 54.9 Å². The van der Waals surface area contributed by atoms with Gasteiger partial charge in [0.15, 0.2) is 0 Å². The molecule has 1 N–H and O–H groups in total. The highest BCUT2D eigenvalue weighted by Crippen LogP contribution is 2.19. The Labute approximate surface area is 110 Å². The minimum Gasteiger partial charge on any atom is -0.386 e. The molecule has 0 saturated heterocycles. The minimum absolute atomic E-state index is 0.219. The second-order valence-corrected chi connectivity index (χ2v) is 4.44. The Morgan fingerprint density at radius 3 is 2.74 bits per heavy atom. The van der Waals surface area contributed by atoms with Gasteiger partial charge < -0.3 is 9.51 Å². The standard InChI is InChI=1S/C15H13FN2O/c16-12-6-2-1-5-11(12)9-14(19)13-10-18-8-4-3-7-15(18)17-13/h1-8,10,14,19H,9H2. The van der Waals surface area contributed by atoms with E-state index < -0.39 is 6.10 Å². The average molecular weight is 256 g/mol. The summed E-state index contributed by atoms with van der Waals surface area (Å²) in [6.07, 6.45) is 3.04. The number of imidazole rings is 1. The van der Waals surface area contributed by atoms with Gasteiger partial charge in [0.1, 0.15) is 17.6 Å². The summed E-state index contributed by atoms with van der Waals surface area (Å²) in [7, 11) is 0. The number of aliphatic hydroxyl groups is 1. The molecule has 0 aliphatic carbocycles. The van der Waals surface area contributed by atoms with Gasteiger partial charge >= 0.3 is 0 Å². The largest absolute Gasteiger partial charge is 0.386 e. The van der Waals surface area contributed by atoms with Crippen molar-refractivity contribution in [2.45, 2.75) is 12.5 Å². The average Bonchev–Trinajstić information content (AvgIpc) is 2.85. The Morgan fingerprint density at radius 2 is 1.95 bits per heavy atom. The van der Waals surface area contributed by atoms with Gasteiger partial charge in [-0.25, -0.2) is 9.37 Å². The van der Waals surface area contributed by atoms with Crippen LogP contribution in [0, 0.1) is 5.82 Å². The monoisotopic (exact) mass is 256 g/mol. The molecule has 1 atom stereocenters. The molecule has 0 aliphatic rings. The van der Waals surface area contributed by atoms with Crippen LogP contribution in [0.2, 0.25) is 0 Å². The highest BCUT2D eigenvalue weighted by molar-refractivity contribution is 5.40. The first-order valence-electron chi connectivity index (χ1n) is 6.09. The number of halogens is 1. The molecule has 1 unspecified atom stereocenters. The van der Waals surface area contributed by atoms with Gasteiger partial charge in [-0.3, -0.25) is 0 Å². The number of hydrogen-bond acceptors (Lipinski definition) is 2. The van der Waals surface area contributed by atoms with Crippen LogP contribution in [0.5, 0.6) is 0 Å². The van der Waals surface area contributed by atoms with Gasteiger partial charge in [0.25, 0.3) is 0 Å². The van der Waals surface area contributed by atoms with Crippen molar-refractivity contribution in [3.8, 4) is 0 Å². The molecule has 3 rings (SSSR count). The van der Waals surface area contributed by atoms with E-state index in [2.05, 4.69) is 4.98 Å². The van der Waals surface area contributed by atoms with E-state index in [0.29, 0.717) is 11.3 Å². The van der Waals surface area contributed by atoms with Crippen molar-refractivity contribution in [3.05, 3.63) is 71.9 Å². The number of rotatable bonds is 3. The summed E-state index contributed by atoms with van der Waals surface area (Å²) in [6.45, 7) is 0. The quantitative estimate of drug-likeness (QED) is 0.782. The van der Waals surface area contributed by atoms with Gasteiger partial charge in [0.05, 0.1) is 5.69 Å². The number of aliphatic hydroxyl groups excluding tert-OH is 1. The first-order valence-corrected chi connectivity index (χ1v) is 6.09. The summed E-state index contributed by atoms with van der Waals surface area (Å²) in [5.74, 6) is -0.301. The fourth-order valence-corrected chi connectivity index (χ4v) is 2.09. The van der Waals surface area contributed by atoms with Gasteiger partial charge in [0.2, 0.25) is 0 Å². The second kappa shape index (κ2) is 4.82. The molecule has 3 nitrogen and oxygen atoms in total. The van der Waals surface area contributed by atoms with Crippen LogP contribution in [0.1, 0.15) is 17.4 Å². The number of hydrogen-bond donors (Lipinski definition) is 1. The van der Waals surface area contributed by atoms with Crippen LogP contribution >= 0.6 is 0 Å². The van der Waals surface area contributed by atoms with Gasteiger partial charge in [0, 0.05) is 18.8 Å². The maximum atomic E-state index is 13.5. The number of benzene rings is 1. The summed E-state index contributed by atoms with van der Waals surface area (Å²) in [4.78, 5) is 4.33. The highest BCUT2D eigenvalue weighted by Gasteiger charge is 2.14. The van der Waals surface area contributed by atoms with Crippen molar-refractivity contribution in [1.82, 2.24) is 9.38 Å². The normalized spacial score (nSPS) is 12.7. The zero-order valence-electron chi connectivity index (χ0n) is 10.2. The van der Waals surface area contributed by atoms with Crippen molar-refractivity contribution >= 4 is 5.65 Å². The SMILES string of the molecule is OC(Cc1ccccc1F)c1cn2ccccc2n1. The molecule has 0 bridgehead atoms. The smallest absolute Gasteiger partial charge is 0.137 e. The highest BCUT2D eigenvalue weighted by atomic mass is 19.1. The Hall–Kier alpha value is -2.20. The maximum Gasteiger partial charge on any atom is 0.137 e. The molecule has 0 spiro atoms. The number of nitrogens with zero attached hydrogens (tertiary/aromatic N) is 2. The maximum absolute atomic E-state index is 13.5. The Kier molecular flexibility index (Phi) is 3.01. The summed E-state index contributed by atoms with van der Waals surface area (Å²) >= 11 is 0. The molecule has 0 radical (unpaired) electrons. The van der Waals surface area contributed by atoms with E-state index in [-0.39, 0.29) is 12.2 Å². The lowest BCUT2D eigenvalue weighted by Gasteiger charge is -2.08. The topological polar surface area (TPSA) is 37.5 Å². The van der Waals surface area contributed by atoms with E-state index in [4.69, 9.17) is 0 Å². The lowest BCUT2D eigenvalue weighted by molar-refractivity contribution is 0.173. The van der Waals surface area contributed by atoms with E-state index in [1.54, 1.807) is 24.4 Å². The van der Waals surface area contributed by atoms with Gasteiger partial charge in [-0.2, -0.15) is 0 Å². The van der Waals surface area contributed by atoms with Crippen LogP contribution in [0.4, 0.5) is 4.39 Å². The predicted octanol–water partition coefficient (Wildman–Crippen LogP) is 2.75. The first kappa shape index (κ1) is 11.9. The first-order chi connectivity index (χ1) is 9.24. The molecule has 19 heavy (non-hydrogen) atoms. The zero-order chi connectivity index (χ0) is 13.2. The predicted molar refractivity (Wildman–Crippen MR) is 70.3 cm³/mol. The Morgan fingerprint density at radius 1 is 1.16 bits per heavy atom. The molecule has 0 amide bonds. The van der Waals surface area contributed by atoms with Gasteiger partial charge in [-0.05, 0) is 23.8 Å². The molecule has 96 valence electrons. The number of aromatic nitrogens is 2. The van der Waals surface area contributed by atoms with E-state index in [9.17, 15) is 9.50 Å². The lowest BCUT2D eigenvalue weighted by atomic mass is 10.1. The molecule has 2 aromatic heterocycles. The Balaban J connectivity index is 1.87. The third kappa shape index (κ3) is 2.35. The van der Waals surface area contributed by atoms with Crippen LogP contribution < -0.4 is 0 Å². The van der Waals surface area contributed by atoms with E-state index >= 15 is 0 Å².